The van der Waals surface area contributed by atoms with Crippen molar-refractivity contribution in [3.8, 4) is 0 Å². The molecule has 0 radical (unpaired) electrons. The van der Waals surface area contributed by atoms with Crippen LogP contribution in [0.1, 0.15) is 39.4 Å². The standard InChI is InChI=1S/C11H15NO3S/c1-5-12-10-8(11(14)15-4)6(2)9(16-10)7(3)13/h12H,5H2,1-4H3. The summed E-state index contributed by atoms with van der Waals surface area (Å²) in [5.74, 6) is -0.436. The predicted molar refractivity (Wildman–Crippen MR) is 64.6 cm³/mol. The number of ketones is 1. The van der Waals surface area contributed by atoms with Crippen LogP contribution in [-0.4, -0.2) is 25.4 Å². The summed E-state index contributed by atoms with van der Waals surface area (Å²) >= 11 is 1.30. The van der Waals surface area contributed by atoms with Gasteiger partial charge >= 0.3 is 5.97 Å². The Morgan fingerprint density at radius 3 is 2.50 bits per heavy atom. The molecular formula is C11H15NO3S. The summed E-state index contributed by atoms with van der Waals surface area (Å²) in [4.78, 5) is 23.6. The van der Waals surface area contributed by atoms with Crippen molar-refractivity contribution in [1.29, 1.82) is 0 Å². The van der Waals surface area contributed by atoms with E-state index in [0.29, 0.717) is 27.5 Å². The highest BCUT2D eigenvalue weighted by molar-refractivity contribution is 7.18. The number of rotatable bonds is 4. The second kappa shape index (κ2) is 5.12. The van der Waals surface area contributed by atoms with Gasteiger partial charge in [-0.05, 0) is 26.3 Å². The lowest BCUT2D eigenvalue weighted by Gasteiger charge is -2.03. The molecule has 0 spiro atoms. The molecule has 1 rings (SSSR count). The summed E-state index contributed by atoms with van der Waals surface area (Å²) in [6.07, 6.45) is 0. The Labute approximate surface area is 98.6 Å². The van der Waals surface area contributed by atoms with Crippen LogP contribution in [0.5, 0.6) is 0 Å². The number of thiophene rings is 1. The minimum Gasteiger partial charge on any atom is -0.465 e. The molecule has 1 aromatic rings. The lowest BCUT2D eigenvalue weighted by molar-refractivity contribution is 0.0601. The third kappa shape index (κ3) is 2.24. The van der Waals surface area contributed by atoms with E-state index in [4.69, 9.17) is 4.74 Å². The van der Waals surface area contributed by atoms with E-state index in [1.165, 1.54) is 25.4 Å². The lowest BCUT2D eigenvalue weighted by Crippen LogP contribution is -2.07. The molecule has 88 valence electrons. The smallest absolute Gasteiger partial charge is 0.341 e. The van der Waals surface area contributed by atoms with Gasteiger partial charge in [0.25, 0.3) is 0 Å². The maximum atomic E-state index is 11.6. The first-order valence-corrected chi connectivity index (χ1v) is 5.81. The molecule has 0 aliphatic heterocycles. The maximum Gasteiger partial charge on any atom is 0.341 e. The Morgan fingerprint density at radius 2 is 2.06 bits per heavy atom. The van der Waals surface area contributed by atoms with Crippen LogP contribution in [0.25, 0.3) is 0 Å². The minimum absolute atomic E-state index is 0.0307. The van der Waals surface area contributed by atoms with Crippen LogP contribution in [0.15, 0.2) is 0 Å². The molecule has 0 bridgehead atoms. The molecule has 0 fully saturated rings. The zero-order chi connectivity index (χ0) is 12.3. The molecule has 5 heteroatoms. The quantitative estimate of drug-likeness (QED) is 0.650. The number of esters is 1. The average molecular weight is 241 g/mol. The van der Waals surface area contributed by atoms with E-state index >= 15 is 0 Å². The van der Waals surface area contributed by atoms with Crippen molar-refractivity contribution in [3.63, 3.8) is 0 Å². The van der Waals surface area contributed by atoms with Gasteiger partial charge in [-0.15, -0.1) is 11.3 Å². The first-order valence-electron chi connectivity index (χ1n) is 4.99. The molecule has 0 aliphatic carbocycles. The SMILES string of the molecule is CCNc1sc(C(C)=O)c(C)c1C(=O)OC. The van der Waals surface area contributed by atoms with Crippen LogP contribution in [0, 0.1) is 6.92 Å². The number of hydrogen-bond donors (Lipinski definition) is 1. The van der Waals surface area contributed by atoms with Gasteiger partial charge in [0.15, 0.2) is 5.78 Å². The van der Waals surface area contributed by atoms with Crippen molar-refractivity contribution >= 4 is 28.1 Å². The van der Waals surface area contributed by atoms with Crippen LogP contribution in [0.3, 0.4) is 0 Å². The van der Waals surface area contributed by atoms with Gasteiger partial charge in [0.2, 0.25) is 0 Å². The fraction of sp³-hybridized carbons (Fsp3) is 0.455. The molecule has 0 saturated carbocycles. The van der Waals surface area contributed by atoms with Gasteiger partial charge in [-0.1, -0.05) is 0 Å². The number of ether oxygens (including phenoxy) is 1. The second-order valence-corrected chi connectivity index (χ2v) is 4.36. The Kier molecular flexibility index (Phi) is 4.06. The first kappa shape index (κ1) is 12.7. The molecule has 4 nitrogen and oxygen atoms in total. The van der Waals surface area contributed by atoms with Gasteiger partial charge in [-0.2, -0.15) is 0 Å². The average Bonchev–Trinajstić information content (AvgIpc) is 2.55. The molecule has 0 amide bonds. The minimum atomic E-state index is -0.405. The van der Waals surface area contributed by atoms with E-state index in [2.05, 4.69) is 5.32 Å². The first-order chi connectivity index (χ1) is 7.52. The van der Waals surface area contributed by atoms with Crippen LogP contribution >= 0.6 is 11.3 Å². The molecule has 1 N–H and O–H groups in total. The zero-order valence-corrected chi connectivity index (χ0v) is 10.7. The highest BCUT2D eigenvalue weighted by Crippen LogP contribution is 2.33. The highest BCUT2D eigenvalue weighted by atomic mass is 32.1. The number of Topliss-reactive ketones (excluding diaryl/α,β-unsaturated/α-hetero) is 1. The van der Waals surface area contributed by atoms with E-state index in [1.807, 2.05) is 6.92 Å². The molecule has 16 heavy (non-hydrogen) atoms. The molecule has 1 heterocycles. The van der Waals surface area contributed by atoms with Gasteiger partial charge in [-0.3, -0.25) is 4.79 Å². The number of methoxy groups -OCH3 is 1. The van der Waals surface area contributed by atoms with Crippen molar-refractivity contribution in [3.05, 3.63) is 16.0 Å². The zero-order valence-electron chi connectivity index (χ0n) is 9.84. The van der Waals surface area contributed by atoms with Gasteiger partial charge in [0.05, 0.1) is 17.6 Å². The Bertz CT molecular complexity index is 423. The second-order valence-electron chi connectivity index (χ2n) is 3.34. The Balaban J connectivity index is 3.31. The molecule has 0 saturated heterocycles. The predicted octanol–water partition coefficient (Wildman–Crippen LogP) is 2.48. The fourth-order valence-corrected chi connectivity index (χ4v) is 2.64. The van der Waals surface area contributed by atoms with Gasteiger partial charge in [-0.25, -0.2) is 4.79 Å². The molecule has 0 aromatic carbocycles. The molecule has 0 unspecified atom stereocenters. The normalized spacial score (nSPS) is 10.0. The van der Waals surface area contributed by atoms with Crippen LogP contribution in [-0.2, 0) is 4.74 Å². The molecule has 1 aromatic heterocycles. The third-order valence-electron chi connectivity index (χ3n) is 2.19. The summed E-state index contributed by atoms with van der Waals surface area (Å²) < 4.78 is 4.71. The number of nitrogens with one attached hydrogen (secondary N) is 1. The topological polar surface area (TPSA) is 55.4 Å². The third-order valence-corrected chi connectivity index (χ3v) is 3.54. The fourth-order valence-electron chi connectivity index (χ4n) is 1.48. The van der Waals surface area contributed by atoms with Crippen LogP contribution < -0.4 is 5.32 Å². The summed E-state index contributed by atoms with van der Waals surface area (Å²) in [6.45, 7) is 5.89. The molecular weight excluding hydrogens is 226 g/mol. The summed E-state index contributed by atoms with van der Waals surface area (Å²) in [6, 6.07) is 0. The lowest BCUT2D eigenvalue weighted by atomic mass is 10.1. The number of anilines is 1. The van der Waals surface area contributed by atoms with Gasteiger partial charge in [0.1, 0.15) is 5.00 Å². The van der Waals surface area contributed by atoms with E-state index in [-0.39, 0.29) is 5.78 Å². The van der Waals surface area contributed by atoms with E-state index in [1.54, 1.807) is 6.92 Å². The van der Waals surface area contributed by atoms with E-state index in [0.717, 1.165) is 0 Å². The van der Waals surface area contributed by atoms with Crippen molar-refractivity contribution < 1.29 is 14.3 Å². The van der Waals surface area contributed by atoms with E-state index in [9.17, 15) is 9.59 Å². The van der Waals surface area contributed by atoms with Crippen molar-refractivity contribution in [1.82, 2.24) is 0 Å². The van der Waals surface area contributed by atoms with Crippen molar-refractivity contribution in [2.24, 2.45) is 0 Å². The Hall–Kier alpha value is -1.36. The number of hydrogen-bond acceptors (Lipinski definition) is 5. The van der Waals surface area contributed by atoms with Crippen LogP contribution in [0.2, 0.25) is 0 Å². The molecule has 0 atom stereocenters. The largest absolute Gasteiger partial charge is 0.465 e. The molecule has 0 aliphatic rings. The van der Waals surface area contributed by atoms with Gasteiger partial charge in [0, 0.05) is 6.54 Å². The van der Waals surface area contributed by atoms with E-state index < -0.39 is 5.97 Å². The summed E-state index contributed by atoms with van der Waals surface area (Å²) in [5, 5.41) is 3.78. The number of carbonyl (C=O) groups excluding carboxylic acids is 2. The van der Waals surface area contributed by atoms with Crippen molar-refractivity contribution in [2.75, 3.05) is 19.0 Å². The Morgan fingerprint density at radius 1 is 1.44 bits per heavy atom. The maximum absolute atomic E-state index is 11.6. The summed E-state index contributed by atoms with van der Waals surface area (Å²) in [7, 11) is 1.34. The monoisotopic (exact) mass is 241 g/mol. The van der Waals surface area contributed by atoms with Gasteiger partial charge < -0.3 is 10.1 Å². The summed E-state index contributed by atoms with van der Waals surface area (Å²) in [5.41, 5.74) is 1.17. The van der Waals surface area contributed by atoms with Crippen LogP contribution in [0.4, 0.5) is 5.00 Å². The number of carbonyl (C=O) groups is 2. The van der Waals surface area contributed by atoms with Crippen molar-refractivity contribution in [2.45, 2.75) is 20.8 Å². The highest BCUT2D eigenvalue weighted by Gasteiger charge is 2.23.